The molecule has 0 unspecified atom stereocenters. The number of nitrogen functional groups attached to an aromatic ring is 1. The fraction of sp³-hybridized carbons (Fsp3) is 0.500. The molecule has 3 heterocycles. The van der Waals surface area contributed by atoms with Crippen molar-refractivity contribution >= 4 is 33.7 Å². The van der Waals surface area contributed by atoms with Crippen molar-refractivity contribution in [1.82, 2.24) is 30.0 Å². The highest BCUT2D eigenvalue weighted by molar-refractivity contribution is 5.87. The van der Waals surface area contributed by atoms with Crippen LogP contribution in [-0.4, -0.2) is 56.1 Å². The van der Waals surface area contributed by atoms with Crippen molar-refractivity contribution in [3.8, 4) is 0 Å². The average Bonchev–Trinajstić information content (AvgIpc) is 3.64. The number of fused-ring (bicyclic) bond motifs is 2. The molecular weight excluding hydrogens is 464 g/mol. The van der Waals surface area contributed by atoms with Gasteiger partial charge >= 0.3 is 0 Å². The van der Waals surface area contributed by atoms with Crippen molar-refractivity contribution in [2.24, 2.45) is 5.92 Å². The molecule has 1 aliphatic carbocycles. The minimum Gasteiger partial charge on any atom is -0.395 e. The Kier molecular flexibility index (Phi) is 8.11. The average molecular weight is 503 g/mol. The molecule has 3 aromatic heterocycles. The number of pyridine rings is 1. The van der Waals surface area contributed by atoms with Crippen molar-refractivity contribution in [3.05, 3.63) is 47.8 Å². The molecule has 4 aromatic rings. The first-order valence-corrected chi connectivity index (χ1v) is 13.6. The molecule has 0 bridgehead atoms. The van der Waals surface area contributed by atoms with Gasteiger partial charge in [-0.05, 0) is 48.9 Å². The summed E-state index contributed by atoms with van der Waals surface area (Å²) >= 11 is 0. The standard InChI is InChI=1S/C28H38N8O/c1-2-3-14-35(15-16-37)27-26-24(32-28(29)33-27)19-36(34-26)18-22-11-10-21(23-7-5-13-31-25(22)23)17-30-12-4-6-20-8-9-20/h5,7,10-11,13,19-20,30,37H,2-4,6,8-9,12,14-18H2,1H3,(H2,29,32). The second kappa shape index (κ2) is 11.8. The van der Waals surface area contributed by atoms with E-state index in [9.17, 15) is 5.11 Å². The van der Waals surface area contributed by atoms with Gasteiger partial charge in [0.1, 0.15) is 5.52 Å². The van der Waals surface area contributed by atoms with E-state index in [-0.39, 0.29) is 12.6 Å². The van der Waals surface area contributed by atoms with E-state index < -0.39 is 0 Å². The predicted molar refractivity (Wildman–Crippen MR) is 148 cm³/mol. The number of nitrogens with zero attached hydrogens (tertiary/aromatic N) is 6. The maximum Gasteiger partial charge on any atom is 0.222 e. The highest BCUT2D eigenvalue weighted by Crippen LogP contribution is 2.33. The number of aliphatic hydroxyl groups is 1. The number of benzene rings is 1. The van der Waals surface area contributed by atoms with Crippen LogP contribution in [0.3, 0.4) is 0 Å². The maximum absolute atomic E-state index is 9.61. The first-order chi connectivity index (χ1) is 18.2. The summed E-state index contributed by atoms with van der Waals surface area (Å²) < 4.78 is 1.89. The van der Waals surface area contributed by atoms with Crippen molar-refractivity contribution in [2.45, 2.75) is 58.5 Å². The number of hydrogen-bond acceptors (Lipinski definition) is 8. The Morgan fingerprint density at radius 3 is 2.78 bits per heavy atom. The number of unbranched alkanes of at least 4 members (excludes halogenated alkanes) is 1. The molecule has 0 amide bonds. The van der Waals surface area contributed by atoms with Crippen LogP contribution in [0.1, 0.15) is 56.6 Å². The summed E-state index contributed by atoms with van der Waals surface area (Å²) in [6, 6.07) is 8.51. The second-order valence-corrected chi connectivity index (χ2v) is 10.1. The smallest absolute Gasteiger partial charge is 0.222 e. The number of nitrogens with one attached hydrogen (secondary N) is 1. The molecule has 0 atom stereocenters. The Balaban J connectivity index is 1.38. The molecule has 5 rings (SSSR count). The first kappa shape index (κ1) is 25.4. The molecular formula is C28H38N8O. The summed E-state index contributed by atoms with van der Waals surface area (Å²) in [5.41, 5.74) is 10.8. The lowest BCUT2D eigenvalue weighted by molar-refractivity contribution is 0.301. The zero-order valence-corrected chi connectivity index (χ0v) is 21.7. The zero-order valence-electron chi connectivity index (χ0n) is 21.7. The van der Waals surface area contributed by atoms with Crippen LogP contribution >= 0.6 is 0 Å². The Morgan fingerprint density at radius 1 is 1.11 bits per heavy atom. The summed E-state index contributed by atoms with van der Waals surface area (Å²) in [4.78, 5) is 15.7. The number of hydrogen-bond donors (Lipinski definition) is 3. The lowest BCUT2D eigenvalue weighted by Gasteiger charge is -2.22. The molecule has 0 aliphatic heterocycles. The van der Waals surface area contributed by atoms with Crippen LogP contribution in [-0.2, 0) is 13.1 Å². The van der Waals surface area contributed by atoms with E-state index in [4.69, 9.17) is 15.8 Å². The van der Waals surface area contributed by atoms with Gasteiger partial charge in [0.25, 0.3) is 0 Å². The van der Waals surface area contributed by atoms with Crippen molar-refractivity contribution in [2.75, 3.05) is 36.9 Å². The normalized spacial score (nSPS) is 13.6. The zero-order chi connectivity index (χ0) is 25.6. The minimum absolute atomic E-state index is 0.0369. The van der Waals surface area contributed by atoms with Crippen LogP contribution in [0.15, 0.2) is 36.7 Å². The molecule has 0 saturated heterocycles. The Morgan fingerprint density at radius 2 is 1.97 bits per heavy atom. The Hall–Kier alpha value is -3.30. The van der Waals surface area contributed by atoms with E-state index in [1.807, 2.05) is 28.0 Å². The fourth-order valence-corrected chi connectivity index (χ4v) is 4.95. The van der Waals surface area contributed by atoms with Gasteiger partial charge in [0.05, 0.1) is 24.9 Å². The first-order valence-electron chi connectivity index (χ1n) is 13.6. The molecule has 9 nitrogen and oxygen atoms in total. The molecule has 0 spiro atoms. The molecule has 0 radical (unpaired) electrons. The highest BCUT2D eigenvalue weighted by atomic mass is 16.3. The molecule has 1 fully saturated rings. The largest absolute Gasteiger partial charge is 0.395 e. The maximum atomic E-state index is 9.61. The molecule has 37 heavy (non-hydrogen) atoms. The van der Waals surface area contributed by atoms with Gasteiger partial charge in [0.15, 0.2) is 11.3 Å². The van der Waals surface area contributed by atoms with Crippen LogP contribution in [0.25, 0.3) is 21.9 Å². The van der Waals surface area contributed by atoms with Gasteiger partial charge in [0.2, 0.25) is 5.95 Å². The van der Waals surface area contributed by atoms with E-state index in [2.05, 4.69) is 40.4 Å². The van der Waals surface area contributed by atoms with E-state index in [1.54, 1.807) is 0 Å². The SMILES string of the molecule is CCCCN(CCO)c1nc(N)nc2cn(Cc3ccc(CNCCCC4CC4)c4cccnc34)nc12. The van der Waals surface area contributed by atoms with Crippen molar-refractivity contribution < 1.29 is 5.11 Å². The van der Waals surface area contributed by atoms with E-state index in [0.29, 0.717) is 29.9 Å². The van der Waals surface area contributed by atoms with Crippen LogP contribution in [0, 0.1) is 5.92 Å². The lowest BCUT2D eigenvalue weighted by Crippen LogP contribution is -2.29. The number of nitrogens with two attached hydrogens (primary N) is 1. The van der Waals surface area contributed by atoms with Crippen LogP contribution in [0.4, 0.5) is 11.8 Å². The Labute approximate surface area is 218 Å². The van der Waals surface area contributed by atoms with Crippen molar-refractivity contribution in [1.29, 1.82) is 0 Å². The summed E-state index contributed by atoms with van der Waals surface area (Å²) in [6.07, 6.45) is 11.2. The lowest BCUT2D eigenvalue weighted by atomic mass is 10.0. The quantitative estimate of drug-likeness (QED) is 0.222. The van der Waals surface area contributed by atoms with Gasteiger partial charge in [-0.1, -0.05) is 44.4 Å². The van der Waals surface area contributed by atoms with E-state index in [1.165, 1.54) is 36.6 Å². The molecule has 9 heteroatoms. The molecule has 1 aromatic carbocycles. The van der Waals surface area contributed by atoms with Gasteiger partial charge in [-0.25, -0.2) is 4.98 Å². The van der Waals surface area contributed by atoms with Crippen molar-refractivity contribution in [3.63, 3.8) is 0 Å². The van der Waals surface area contributed by atoms with Gasteiger partial charge in [-0.2, -0.15) is 10.1 Å². The Bertz CT molecular complexity index is 1330. The van der Waals surface area contributed by atoms with E-state index in [0.717, 1.165) is 49.5 Å². The van der Waals surface area contributed by atoms with Crippen LogP contribution in [0.5, 0.6) is 0 Å². The van der Waals surface area contributed by atoms with Gasteiger partial charge < -0.3 is 21.1 Å². The number of aliphatic hydroxyl groups excluding tert-OH is 1. The van der Waals surface area contributed by atoms with Crippen LogP contribution in [0.2, 0.25) is 0 Å². The van der Waals surface area contributed by atoms with E-state index >= 15 is 0 Å². The number of aromatic nitrogens is 5. The minimum atomic E-state index is 0.0369. The summed E-state index contributed by atoms with van der Waals surface area (Å²) in [6.45, 7) is 5.89. The van der Waals surface area contributed by atoms with Crippen LogP contribution < -0.4 is 16.0 Å². The third kappa shape index (κ3) is 6.17. The summed E-state index contributed by atoms with van der Waals surface area (Å²) in [5, 5.41) is 19.3. The second-order valence-electron chi connectivity index (χ2n) is 10.1. The fourth-order valence-electron chi connectivity index (χ4n) is 4.95. The topological polar surface area (TPSA) is 118 Å². The summed E-state index contributed by atoms with van der Waals surface area (Å²) in [7, 11) is 0. The van der Waals surface area contributed by atoms with Gasteiger partial charge in [-0.3, -0.25) is 9.67 Å². The third-order valence-electron chi connectivity index (χ3n) is 7.11. The molecule has 4 N–H and O–H groups in total. The third-order valence-corrected chi connectivity index (χ3v) is 7.11. The number of rotatable bonds is 14. The molecule has 196 valence electrons. The number of anilines is 2. The predicted octanol–water partition coefficient (Wildman–Crippen LogP) is 3.88. The van der Waals surface area contributed by atoms with Gasteiger partial charge in [-0.15, -0.1) is 0 Å². The summed E-state index contributed by atoms with van der Waals surface area (Å²) in [5.74, 6) is 1.87. The molecule has 1 saturated carbocycles. The van der Waals surface area contributed by atoms with Gasteiger partial charge in [0, 0.05) is 31.2 Å². The highest BCUT2D eigenvalue weighted by Gasteiger charge is 2.20. The monoisotopic (exact) mass is 502 g/mol. The molecule has 1 aliphatic rings.